The van der Waals surface area contributed by atoms with Gasteiger partial charge in [-0.1, -0.05) is 5.11 Å². The average molecular weight is 269 g/mol. The molecule has 6 nitrogen and oxygen atoms in total. The van der Waals surface area contributed by atoms with Crippen molar-refractivity contribution in [2.24, 2.45) is 5.11 Å². The highest BCUT2D eigenvalue weighted by atomic mass is 19.1. The van der Waals surface area contributed by atoms with Gasteiger partial charge in [0.15, 0.2) is 0 Å². The number of hydrogen-bond donors (Lipinski definition) is 0. The maximum absolute atomic E-state index is 14.4. The molecule has 104 valence electrons. The summed E-state index contributed by atoms with van der Waals surface area (Å²) in [6, 6.07) is -0.621. The summed E-state index contributed by atoms with van der Waals surface area (Å²) in [5.74, 6) is 0. The number of ether oxygens (including phenoxy) is 1. The molecule has 2 saturated heterocycles. The molecule has 0 bridgehead atoms. The van der Waals surface area contributed by atoms with Crippen molar-refractivity contribution >= 4 is 7.12 Å². The van der Waals surface area contributed by atoms with Gasteiger partial charge in [0.25, 0.3) is 0 Å². The van der Waals surface area contributed by atoms with Gasteiger partial charge >= 0.3 is 7.12 Å². The summed E-state index contributed by atoms with van der Waals surface area (Å²) in [5, 5.41) is 3.52. The minimum Gasteiger partial charge on any atom is -0.398 e. The average Bonchev–Trinajstić information content (AvgIpc) is 2.82. The monoisotopic (exact) mass is 269 g/mol. The Morgan fingerprint density at radius 2 is 1.95 bits per heavy atom. The van der Waals surface area contributed by atoms with Gasteiger partial charge in [0, 0.05) is 4.91 Å². The van der Waals surface area contributed by atoms with Crippen LogP contribution >= 0.6 is 0 Å². The lowest BCUT2D eigenvalue weighted by molar-refractivity contribution is 0.00578. The highest BCUT2D eigenvalue weighted by molar-refractivity contribution is 6.53. The molecule has 0 N–H and O–H groups in total. The fourth-order valence-electron chi connectivity index (χ4n) is 1.97. The number of nitrogens with zero attached hydrogens (tertiary/aromatic N) is 3. The van der Waals surface area contributed by atoms with Crippen molar-refractivity contribution in [2.75, 3.05) is 13.2 Å². The molecule has 19 heavy (non-hydrogen) atoms. The molecule has 1 unspecified atom stereocenters. The van der Waals surface area contributed by atoms with Gasteiger partial charge in [-0.2, -0.15) is 0 Å². The van der Waals surface area contributed by atoms with Gasteiger partial charge in [0.2, 0.25) is 0 Å². The summed E-state index contributed by atoms with van der Waals surface area (Å²) >= 11 is 0. The Balaban J connectivity index is 2.26. The first-order chi connectivity index (χ1) is 8.78. The van der Waals surface area contributed by atoms with Crippen LogP contribution in [-0.4, -0.2) is 37.6 Å². The molecular weight excluding hydrogens is 252 g/mol. The van der Waals surface area contributed by atoms with Crippen LogP contribution in [0, 0.1) is 0 Å². The van der Waals surface area contributed by atoms with Gasteiger partial charge in [-0.15, -0.1) is 0 Å². The largest absolute Gasteiger partial charge is 0.525 e. The lowest BCUT2D eigenvalue weighted by Gasteiger charge is -2.32. The van der Waals surface area contributed by atoms with Crippen LogP contribution in [0.4, 0.5) is 4.39 Å². The molecule has 2 aliphatic rings. The lowest BCUT2D eigenvalue weighted by atomic mass is 9.83. The summed E-state index contributed by atoms with van der Waals surface area (Å²) in [7, 11) is -1.07. The third-order valence-corrected chi connectivity index (χ3v) is 3.89. The topological polar surface area (TPSA) is 76.5 Å². The van der Waals surface area contributed by atoms with Crippen LogP contribution in [0.3, 0.4) is 0 Å². The quantitative estimate of drug-likeness (QED) is 0.334. The maximum atomic E-state index is 14.4. The Hall–Kier alpha value is -1.08. The minimum absolute atomic E-state index is 0.0968. The van der Waals surface area contributed by atoms with E-state index in [0.29, 0.717) is 5.57 Å². The predicted molar refractivity (Wildman–Crippen MR) is 68.0 cm³/mol. The number of halogens is 1. The number of rotatable bonds is 2. The van der Waals surface area contributed by atoms with Crippen LogP contribution < -0.4 is 0 Å². The molecule has 0 aromatic heterocycles. The zero-order valence-electron chi connectivity index (χ0n) is 11.5. The van der Waals surface area contributed by atoms with E-state index in [4.69, 9.17) is 19.6 Å². The van der Waals surface area contributed by atoms with Crippen LogP contribution in [0.2, 0.25) is 0 Å². The minimum atomic E-state index is -1.07. The van der Waals surface area contributed by atoms with Crippen molar-refractivity contribution in [3.63, 3.8) is 0 Å². The SMILES string of the molecule is CC1(C)OB(C(F)=C2COCC2N=[N+]=[N-])OC1(C)C. The normalized spacial score (nSPS) is 31.2. The fourth-order valence-corrected chi connectivity index (χ4v) is 1.97. The van der Waals surface area contributed by atoms with Crippen LogP contribution in [0.1, 0.15) is 27.7 Å². The molecule has 0 aliphatic carbocycles. The van der Waals surface area contributed by atoms with E-state index in [9.17, 15) is 4.39 Å². The van der Waals surface area contributed by atoms with Gasteiger partial charge in [0.1, 0.15) is 5.73 Å². The van der Waals surface area contributed by atoms with Crippen LogP contribution in [0.25, 0.3) is 10.4 Å². The molecule has 8 heteroatoms. The molecule has 0 aromatic carbocycles. The Labute approximate surface area is 111 Å². The van der Waals surface area contributed by atoms with E-state index >= 15 is 0 Å². The summed E-state index contributed by atoms with van der Waals surface area (Å²) in [6.45, 7) is 7.68. The molecule has 0 aromatic rings. The Bertz CT molecular complexity index is 444. The molecule has 2 fully saturated rings. The third-order valence-electron chi connectivity index (χ3n) is 3.89. The summed E-state index contributed by atoms with van der Waals surface area (Å²) in [5.41, 5.74) is 6.99. The van der Waals surface area contributed by atoms with E-state index < -0.39 is 30.1 Å². The van der Waals surface area contributed by atoms with E-state index in [1.807, 2.05) is 27.7 Å². The zero-order valence-corrected chi connectivity index (χ0v) is 11.5. The van der Waals surface area contributed by atoms with Gasteiger partial charge in [-0.05, 0) is 38.8 Å². The molecule has 0 radical (unpaired) electrons. The van der Waals surface area contributed by atoms with Gasteiger partial charge in [-0.3, -0.25) is 0 Å². The summed E-state index contributed by atoms with van der Waals surface area (Å²) < 4.78 is 30.8. The van der Waals surface area contributed by atoms with E-state index in [0.717, 1.165) is 0 Å². The molecule has 1 atom stereocenters. The summed E-state index contributed by atoms with van der Waals surface area (Å²) in [6.07, 6.45) is 0. The number of hydrogen-bond acceptors (Lipinski definition) is 4. The Morgan fingerprint density at radius 3 is 2.47 bits per heavy atom. The molecule has 2 rings (SSSR count). The highest BCUT2D eigenvalue weighted by Crippen LogP contribution is 2.40. The summed E-state index contributed by atoms with van der Waals surface area (Å²) in [4.78, 5) is 2.70. The van der Waals surface area contributed by atoms with E-state index in [1.54, 1.807) is 0 Å². The van der Waals surface area contributed by atoms with Crippen LogP contribution in [0.5, 0.6) is 0 Å². The smallest absolute Gasteiger partial charge is 0.398 e. The van der Waals surface area contributed by atoms with Crippen molar-refractivity contribution in [3.05, 3.63) is 21.7 Å². The fraction of sp³-hybridized carbons (Fsp3) is 0.818. The highest BCUT2D eigenvalue weighted by Gasteiger charge is 2.54. The molecular formula is C11H17BFN3O3. The van der Waals surface area contributed by atoms with Crippen molar-refractivity contribution in [1.82, 2.24) is 0 Å². The molecule has 0 spiro atoms. The predicted octanol–water partition coefficient (Wildman–Crippen LogP) is 2.55. The molecule has 2 aliphatic heterocycles. The second-order valence-corrected chi connectivity index (χ2v) is 5.70. The molecule has 0 saturated carbocycles. The molecule has 2 heterocycles. The standard InChI is InChI=1S/C11H17BFN3O3/c1-10(2)11(3,4)19-12(18-10)9(13)7-5-17-6-8(7)15-16-14/h8H,5-6H2,1-4H3. The van der Waals surface area contributed by atoms with Crippen LogP contribution in [0.15, 0.2) is 16.4 Å². The first kappa shape index (κ1) is 14.3. The van der Waals surface area contributed by atoms with Crippen molar-refractivity contribution in [1.29, 1.82) is 0 Å². The van der Waals surface area contributed by atoms with Crippen molar-refractivity contribution in [3.8, 4) is 0 Å². The Kier molecular flexibility index (Phi) is 3.62. The maximum Gasteiger partial charge on any atom is 0.525 e. The van der Waals surface area contributed by atoms with Crippen molar-refractivity contribution < 1.29 is 18.4 Å². The van der Waals surface area contributed by atoms with Crippen molar-refractivity contribution in [2.45, 2.75) is 44.9 Å². The van der Waals surface area contributed by atoms with E-state index in [1.165, 1.54) is 0 Å². The van der Waals surface area contributed by atoms with E-state index in [-0.39, 0.29) is 13.2 Å². The van der Waals surface area contributed by atoms with Gasteiger partial charge in [-0.25, -0.2) is 4.39 Å². The van der Waals surface area contributed by atoms with Gasteiger partial charge < -0.3 is 14.0 Å². The van der Waals surface area contributed by atoms with Crippen LogP contribution in [-0.2, 0) is 14.0 Å². The van der Waals surface area contributed by atoms with E-state index in [2.05, 4.69) is 10.0 Å². The second-order valence-electron chi connectivity index (χ2n) is 5.70. The first-order valence-electron chi connectivity index (χ1n) is 6.14. The Morgan fingerprint density at radius 1 is 1.37 bits per heavy atom. The lowest BCUT2D eigenvalue weighted by Crippen LogP contribution is -2.41. The third kappa shape index (κ3) is 2.49. The second kappa shape index (κ2) is 4.79. The number of azide groups is 1. The molecule has 0 amide bonds. The zero-order chi connectivity index (χ0) is 14.3. The van der Waals surface area contributed by atoms with Gasteiger partial charge in [0.05, 0.1) is 30.5 Å². The first-order valence-corrected chi connectivity index (χ1v) is 6.14.